The van der Waals surface area contributed by atoms with Crippen LogP contribution in [0.4, 0.5) is 0 Å². The molecule has 0 spiro atoms. The first-order valence-electron chi connectivity index (χ1n) is 14.4. The van der Waals surface area contributed by atoms with Crippen LogP contribution in [0.2, 0.25) is 0 Å². The van der Waals surface area contributed by atoms with Crippen LogP contribution < -0.4 is 0 Å². The molecule has 4 heterocycles. The average molecular weight is 529 g/mol. The number of carbonyl (C=O) groups is 2. The van der Waals surface area contributed by atoms with Crippen molar-refractivity contribution in [3.8, 4) is 0 Å². The number of fused-ring (bicyclic) bond motifs is 2. The first-order chi connectivity index (χ1) is 19.0. The molecule has 39 heavy (non-hydrogen) atoms. The summed E-state index contributed by atoms with van der Waals surface area (Å²) < 4.78 is 11.7. The third kappa shape index (κ3) is 4.22. The van der Waals surface area contributed by atoms with Gasteiger partial charge in [0.05, 0.1) is 36.8 Å². The van der Waals surface area contributed by atoms with Gasteiger partial charge in [-0.1, -0.05) is 66.2 Å². The van der Waals surface area contributed by atoms with E-state index in [1.807, 2.05) is 70.5 Å². The summed E-state index contributed by atoms with van der Waals surface area (Å²) in [6.45, 7) is 1.25. The fourth-order valence-electron chi connectivity index (χ4n) is 7.08. The van der Waals surface area contributed by atoms with Crippen molar-refractivity contribution in [1.82, 2.24) is 9.80 Å². The predicted octanol–water partition coefficient (Wildman–Crippen LogP) is 4.64. The minimum Gasteiger partial charge on any atom is -0.389 e. The molecule has 0 radical (unpaired) electrons. The summed E-state index contributed by atoms with van der Waals surface area (Å²) in [7, 11) is 0. The molecule has 2 aromatic carbocycles. The molecule has 8 rings (SSSR count). The van der Waals surface area contributed by atoms with E-state index >= 15 is 0 Å². The molecule has 4 aliphatic heterocycles. The van der Waals surface area contributed by atoms with E-state index in [-0.39, 0.29) is 42.3 Å². The lowest BCUT2D eigenvalue weighted by Crippen LogP contribution is -2.48. The number of ether oxygens (including phenoxy) is 2. The van der Waals surface area contributed by atoms with Gasteiger partial charge in [-0.25, -0.2) is 0 Å². The van der Waals surface area contributed by atoms with Crippen LogP contribution in [0, 0.1) is 5.92 Å². The molecule has 4 saturated heterocycles. The van der Waals surface area contributed by atoms with Crippen LogP contribution in [0.25, 0.3) is 0 Å². The standard InChI is InChI=1S/C16H19NO3.C16H17NO2/c18-14-13(16(19)7-4-8-16)9-12-10-20-15(17(12)14)11-5-2-1-3-6-11;18-15-14(11-7-4-8-11)9-13-10-19-16(17(13)15)12-5-2-1-3-6-12/h1-3,5-6,12-13,15,19H,4,7-10H2;1-3,5-6,13,16H,4,7-10H2/t12?,13?,15-;13?,16-/m11/s1. The molecular weight excluding hydrogens is 492 g/mol. The second kappa shape index (κ2) is 9.88. The van der Waals surface area contributed by atoms with Gasteiger partial charge in [0.2, 0.25) is 5.91 Å². The molecule has 3 unspecified atom stereocenters. The number of rotatable bonds is 3. The van der Waals surface area contributed by atoms with Crippen molar-refractivity contribution >= 4 is 11.8 Å². The molecule has 7 heteroatoms. The van der Waals surface area contributed by atoms with E-state index < -0.39 is 5.60 Å². The first kappa shape index (κ1) is 25.0. The number of benzene rings is 2. The van der Waals surface area contributed by atoms with Crippen LogP contribution in [0.1, 0.15) is 74.9 Å². The molecule has 6 aliphatic rings. The van der Waals surface area contributed by atoms with E-state index in [1.54, 1.807) is 0 Å². The maximum Gasteiger partial charge on any atom is 0.252 e. The average Bonchev–Trinajstić information content (AvgIpc) is 3.67. The quantitative estimate of drug-likeness (QED) is 0.587. The minimum absolute atomic E-state index is 0.0727. The summed E-state index contributed by atoms with van der Waals surface area (Å²) in [6, 6.07) is 20.3. The molecule has 204 valence electrons. The Morgan fingerprint density at radius 3 is 1.90 bits per heavy atom. The topological polar surface area (TPSA) is 79.3 Å². The van der Waals surface area contributed by atoms with Gasteiger partial charge in [-0.15, -0.1) is 0 Å². The van der Waals surface area contributed by atoms with E-state index in [1.165, 1.54) is 12.0 Å². The highest BCUT2D eigenvalue weighted by Crippen LogP contribution is 2.49. The minimum atomic E-state index is -0.747. The van der Waals surface area contributed by atoms with Gasteiger partial charge in [0, 0.05) is 23.1 Å². The normalized spacial score (nSPS) is 32.4. The largest absolute Gasteiger partial charge is 0.389 e. The maximum atomic E-state index is 12.7. The molecule has 1 N–H and O–H groups in total. The van der Waals surface area contributed by atoms with Crippen LogP contribution in [0.5, 0.6) is 0 Å². The van der Waals surface area contributed by atoms with Crippen LogP contribution in [-0.4, -0.2) is 57.6 Å². The highest BCUT2D eigenvalue weighted by atomic mass is 16.5. The lowest BCUT2D eigenvalue weighted by molar-refractivity contribution is -0.151. The summed E-state index contributed by atoms with van der Waals surface area (Å²) in [6.07, 6.45) is 7.22. The van der Waals surface area contributed by atoms with Gasteiger partial charge in [0.25, 0.3) is 5.91 Å². The highest BCUT2D eigenvalue weighted by molar-refractivity contribution is 5.97. The van der Waals surface area contributed by atoms with Crippen molar-refractivity contribution in [1.29, 1.82) is 0 Å². The number of aliphatic hydroxyl groups is 1. The molecule has 2 aromatic rings. The Kier molecular flexibility index (Phi) is 6.33. The fourth-order valence-corrected chi connectivity index (χ4v) is 7.08. The third-order valence-electron chi connectivity index (χ3n) is 9.60. The Hall–Kier alpha value is -3.00. The summed E-state index contributed by atoms with van der Waals surface area (Å²) in [5.41, 5.74) is 3.83. The molecular formula is C32H36N2O5. The molecule has 0 aromatic heterocycles. The van der Waals surface area contributed by atoms with E-state index in [9.17, 15) is 14.7 Å². The Balaban J connectivity index is 0.000000130. The zero-order valence-electron chi connectivity index (χ0n) is 22.2. The molecule has 0 bridgehead atoms. The summed E-state index contributed by atoms with van der Waals surface area (Å²) in [5.74, 6) is 0.0611. The Bertz CT molecular complexity index is 1270. The third-order valence-corrected chi connectivity index (χ3v) is 9.60. The molecule has 5 atom stereocenters. The van der Waals surface area contributed by atoms with Crippen LogP contribution in [-0.2, 0) is 19.1 Å². The van der Waals surface area contributed by atoms with E-state index in [4.69, 9.17) is 9.47 Å². The Labute approximate surface area is 229 Å². The maximum absolute atomic E-state index is 12.7. The van der Waals surface area contributed by atoms with Crippen molar-refractivity contribution in [2.24, 2.45) is 5.92 Å². The van der Waals surface area contributed by atoms with Gasteiger partial charge < -0.3 is 24.4 Å². The second-order valence-corrected chi connectivity index (χ2v) is 11.8. The van der Waals surface area contributed by atoms with Crippen LogP contribution >= 0.6 is 0 Å². The summed E-state index contributed by atoms with van der Waals surface area (Å²) in [5, 5.41) is 10.5. The lowest BCUT2D eigenvalue weighted by atomic mass is 9.70. The molecule has 2 aliphatic carbocycles. The molecule has 2 saturated carbocycles. The van der Waals surface area contributed by atoms with E-state index in [0.29, 0.717) is 13.2 Å². The smallest absolute Gasteiger partial charge is 0.252 e. The van der Waals surface area contributed by atoms with Crippen molar-refractivity contribution in [3.05, 3.63) is 82.9 Å². The van der Waals surface area contributed by atoms with Gasteiger partial charge in [0.1, 0.15) is 0 Å². The van der Waals surface area contributed by atoms with E-state index in [0.717, 1.165) is 61.6 Å². The molecule has 6 fully saturated rings. The van der Waals surface area contributed by atoms with Gasteiger partial charge in [-0.05, 0) is 44.9 Å². The fraction of sp³-hybridized carbons (Fsp3) is 0.500. The Morgan fingerprint density at radius 2 is 1.36 bits per heavy atom. The lowest BCUT2D eigenvalue weighted by Gasteiger charge is -2.41. The molecule has 2 amide bonds. The van der Waals surface area contributed by atoms with E-state index in [2.05, 4.69) is 0 Å². The number of hydrogen-bond acceptors (Lipinski definition) is 5. The monoisotopic (exact) mass is 528 g/mol. The number of nitrogens with zero attached hydrogens (tertiary/aromatic N) is 2. The zero-order chi connectivity index (χ0) is 26.6. The van der Waals surface area contributed by atoms with Crippen molar-refractivity contribution in [2.75, 3.05) is 13.2 Å². The predicted molar refractivity (Wildman–Crippen MR) is 144 cm³/mol. The van der Waals surface area contributed by atoms with Crippen molar-refractivity contribution < 1.29 is 24.2 Å². The van der Waals surface area contributed by atoms with Gasteiger partial charge in [-0.3, -0.25) is 9.59 Å². The highest BCUT2D eigenvalue weighted by Gasteiger charge is 2.56. The van der Waals surface area contributed by atoms with Crippen LogP contribution in [0.15, 0.2) is 71.8 Å². The second-order valence-electron chi connectivity index (χ2n) is 11.8. The van der Waals surface area contributed by atoms with Crippen molar-refractivity contribution in [2.45, 2.75) is 81.5 Å². The Morgan fingerprint density at radius 1 is 0.769 bits per heavy atom. The van der Waals surface area contributed by atoms with Gasteiger partial charge >= 0.3 is 0 Å². The van der Waals surface area contributed by atoms with Gasteiger partial charge in [0.15, 0.2) is 12.5 Å². The zero-order valence-corrected chi connectivity index (χ0v) is 22.2. The number of amides is 2. The summed E-state index contributed by atoms with van der Waals surface area (Å²) >= 11 is 0. The molecule has 7 nitrogen and oxygen atoms in total. The number of carbonyl (C=O) groups excluding carboxylic acids is 2. The number of allylic oxidation sites excluding steroid dienone is 1. The van der Waals surface area contributed by atoms with Crippen molar-refractivity contribution in [3.63, 3.8) is 0 Å². The van der Waals surface area contributed by atoms with Crippen LogP contribution in [0.3, 0.4) is 0 Å². The summed E-state index contributed by atoms with van der Waals surface area (Å²) in [4.78, 5) is 29.1. The SMILES string of the molecule is O=C1C(=C2CCC2)CC2CO[C@H](c3ccccc3)N12.O=C1C(C2(O)CCC2)CC2CO[C@H](c3ccccc3)N12. The first-order valence-corrected chi connectivity index (χ1v) is 14.4. The number of hydrogen-bond donors (Lipinski definition) is 1. The van der Waals surface area contributed by atoms with Gasteiger partial charge in [-0.2, -0.15) is 0 Å².